The zero-order valence-electron chi connectivity index (χ0n) is 9.48. The zero-order valence-corrected chi connectivity index (χ0v) is 9.48. The fourth-order valence-corrected chi connectivity index (χ4v) is 1.72. The van der Waals surface area contributed by atoms with Crippen molar-refractivity contribution in [2.24, 2.45) is 10.9 Å². The molecule has 0 spiro atoms. The molecule has 1 saturated heterocycles. The van der Waals surface area contributed by atoms with Gasteiger partial charge in [-0.25, -0.2) is 0 Å². The van der Waals surface area contributed by atoms with Crippen LogP contribution in [0.25, 0.3) is 0 Å². The van der Waals surface area contributed by atoms with Crippen molar-refractivity contribution in [2.75, 3.05) is 6.61 Å². The first-order valence-electron chi connectivity index (χ1n) is 5.55. The lowest BCUT2D eigenvalue weighted by atomic mass is 10.1. The van der Waals surface area contributed by atoms with Gasteiger partial charge in [-0.15, -0.1) is 0 Å². The van der Waals surface area contributed by atoms with E-state index >= 15 is 0 Å². The van der Waals surface area contributed by atoms with Crippen LogP contribution < -0.4 is 11.1 Å². The largest absolute Gasteiger partial charge is 0.409 e. The molecule has 92 valence electrons. The van der Waals surface area contributed by atoms with E-state index in [1.807, 2.05) is 6.92 Å². The molecule has 2 unspecified atom stereocenters. The van der Waals surface area contributed by atoms with Crippen molar-refractivity contribution in [3.8, 4) is 0 Å². The molecular formula is C10H19N3O3. The first kappa shape index (κ1) is 12.8. The van der Waals surface area contributed by atoms with Crippen LogP contribution in [0.4, 0.5) is 0 Å². The van der Waals surface area contributed by atoms with E-state index in [1.165, 1.54) is 0 Å². The summed E-state index contributed by atoms with van der Waals surface area (Å²) in [5.74, 6) is -0.0893. The molecule has 16 heavy (non-hydrogen) atoms. The second kappa shape index (κ2) is 6.32. The number of nitrogens with zero attached hydrogens (tertiary/aromatic N) is 1. The lowest BCUT2D eigenvalue weighted by Gasteiger charge is -2.16. The molecule has 0 aromatic rings. The number of nitrogens with two attached hydrogens (primary N) is 1. The van der Waals surface area contributed by atoms with Crippen molar-refractivity contribution in [2.45, 2.75) is 44.8 Å². The smallest absolute Gasteiger partial charge is 0.223 e. The highest BCUT2D eigenvalue weighted by atomic mass is 16.5. The number of carbonyl (C=O) groups excluding carboxylic acids is 1. The van der Waals surface area contributed by atoms with Gasteiger partial charge >= 0.3 is 0 Å². The third kappa shape index (κ3) is 3.69. The summed E-state index contributed by atoms with van der Waals surface area (Å²) in [6.07, 6.45) is 2.88. The second-order valence-corrected chi connectivity index (χ2v) is 3.89. The third-order valence-corrected chi connectivity index (χ3v) is 2.65. The Morgan fingerprint density at radius 2 is 2.50 bits per heavy atom. The van der Waals surface area contributed by atoms with Gasteiger partial charge in [0, 0.05) is 6.61 Å². The zero-order chi connectivity index (χ0) is 12.0. The molecule has 1 heterocycles. The van der Waals surface area contributed by atoms with Gasteiger partial charge in [0.05, 0.1) is 18.6 Å². The Kier molecular flexibility index (Phi) is 5.04. The number of amides is 1. The molecule has 2 atom stereocenters. The van der Waals surface area contributed by atoms with Crippen LogP contribution in [0, 0.1) is 0 Å². The Hall–Kier alpha value is -1.30. The van der Waals surface area contributed by atoms with Crippen molar-refractivity contribution >= 4 is 11.7 Å². The molecule has 0 aromatic carbocycles. The van der Waals surface area contributed by atoms with Crippen LogP contribution in [-0.2, 0) is 9.53 Å². The first-order chi connectivity index (χ1) is 7.67. The summed E-state index contributed by atoms with van der Waals surface area (Å²) < 4.78 is 5.35. The standard InChI is InChI=1S/C10H19N3O3/c1-2-8(10(11)13-15)12-9(14)6-7-4-3-5-16-7/h7-8,15H,2-6H2,1H3,(H2,11,13)(H,12,14). The van der Waals surface area contributed by atoms with E-state index < -0.39 is 6.04 Å². The van der Waals surface area contributed by atoms with Gasteiger partial charge in [0.15, 0.2) is 5.84 Å². The Bertz CT molecular complexity index is 262. The highest BCUT2D eigenvalue weighted by Gasteiger charge is 2.21. The van der Waals surface area contributed by atoms with Crippen LogP contribution in [0.2, 0.25) is 0 Å². The summed E-state index contributed by atoms with van der Waals surface area (Å²) in [5, 5.41) is 14.1. The summed E-state index contributed by atoms with van der Waals surface area (Å²) in [7, 11) is 0. The molecule has 1 aliphatic rings. The topological polar surface area (TPSA) is 96.9 Å². The van der Waals surface area contributed by atoms with E-state index in [0.717, 1.165) is 19.4 Å². The van der Waals surface area contributed by atoms with Crippen LogP contribution in [0.5, 0.6) is 0 Å². The molecule has 1 aliphatic heterocycles. The van der Waals surface area contributed by atoms with E-state index in [-0.39, 0.29) is 17.8 Å². The maximum absolute atomic E-state index is 11.6. The molecule has 0 aromatic heterocycles. The Balaban J connectivity index is 2.36. The second-order valence-electron chi connectivity index (χ2n) is 3.89. The van der Waals surface area contributed by atoms with Gasteiger partial charge in [-0.2, -0.15) is 0 Å². The number of ether oxygens (including phenoxy) is 1. The molecule has 0 radical (unpaired) electrons. The molecule has 6 nitrogen and oxygen atoms in total. The molecular weight excluding hydrogens is 210 g/mol. The van der Waals surface area contributed by atoms with Crippen molar-refractivity contribution in [1.29, 1.82) is 0 Å². The van der Waals surface area contributed by atoms with E-state index in [4.69, 9.17) is 15.7 Å². The average Bonchev–Trinajstić information content (AvgIpc) is 2.77. The SMILES string of the molecule is CCC(NC(=O)CC1CCCO1)C(N)=NO. The number of hydrogen-bond acceptors (Lipinski definition) is 4. The number of nitrogens with one attached hydrogen (secondary N) is 1. The predicted octanol–water partition coefficient (Wildman–Crippen LogP) is 0.197. The number of amidine groups is 1. The molecule has 1 amide bonds. The van der Waals surface area contributed by atoms with E-state index in [1.54, 1.807) is 0 Å². The van der Waals surface area contributed by atoms with E-state index in [0.29, 0.717) is 12.8 Å². The Labute approximate surface area is 94.8 Å². The van der Waals surface area contributed by atoms with E-state index in [2.05, 4.69) is 10.5 Å². The lowest BCUT2D eigenvalue weighted by molar-refractivity contribution is -0.123. The molecule has 0 aliphatic carbocycles. The molecule has 4 N–H and O–H groups in total. The molecule has 0 bridgehead atoms. The van der Waals surface area contributed by atoms with Crippen molar-refractivity contribution < 1.29 is 14.7 Å². The third-order valence-electron chi connectivity index (χ3n) is 2.65. The van der Waals surface area contributed by atoms with Crippen LogP contribution in [0.1, 0.15) is 32.6 Å². The molecule has 0 saturated carbocycles. The molecule has 1 fully saturated rings. The van der Waals surface area contributed by atoms with Gasteiger partial charge in [-0.05, 0) is 19.3 Å². The average molecular weight is 229 g/mol. The predicted molar refractivity (Wildman–Crippen MR) is 59.2 cm³/mol. The van der Waals surface area contributed by atoms with Crippen molar-refractivity contribution in [3.05, 3.63) is 0 Å². The Morgan fingerprint density at radius 3 is 3.00 bits per heavy atom. The summed E-state index contributed by atoms with van der Waals surface area (Å²) in [6.45, 7) is 2.59. The minimum absolute atomic E-state index is 0.0183. The normalized spacial score (nSPS) is 23.1. The number of carbonyl (C=O) groups is 1. The van der Waals surface area contributed by atoms with Crippen LogP contribution in [0.15, 0.2) is 5.16 Å². The van der Waals surface area contributed by atoms with Crippen LogP contribution in [0.3, 0.4) is 0 Å². The van der Waals surface area contributed by atoms with Gasteiger partial charge in [0.25, 0.3) is 0 Å². The summed E-state index contributed by atoms with van der Waals surface area (Å²) in [5.41, 5.74) is 5.44. The number of hydrogen-bond donors (Lipinski definition) is 3. The lowest BCUT2D eigenvalue weighted by Crippen LogP contribution is -2.44. The summed E-state index contributed by atoms with van der Waals surface area (Å²) >= 11 is 0. The highest BCUT2D eigenvalue weighted by Crippen LogP contribution is 2.15. The van der Waals surface area contributed by atoms with Gasteiger partial charge < -0.3 is 21.0 Å². The first-order valence-corrected chi connectivity index (χ1v) is 5.55. The van der Waals surface area contributed by atoms with Gasteiger partial charge in [0.2, 0.25) is 5.91 Å². The summed E-state index contributed by atoms with van der Waals surface area (Å²) in [4.78, 5) is 11.6. The van der Waals surface area contributed by atoms with E-state index in [9.17, 15) is 4.79 Å². The number of rotatable bonds is 5. The van der Waals surface area contributed by atoms with Gasteiger partial charge in [0.1, 0.15) is 0 Å². The quantitative estimate of drug-likeness (QED) is 0.271. The van der Waals surface area contributed by atoms with Crippen LogP contribution >= 0.6 is 0 Å². The Morgan fingerprint density at radius 1 is 1.75 bits per heavy atom. The minimum atomic E-state index is -0.404. The van der Waals surface area contributed by atoms with Crippen molar-refractivity contribution in [3.63, 3.8) is 0 Å². The summed E-state index contributed by atoms with van der Waals surface area (Å²) in [6, 6.07) is -0.404. The van der Waals surface area contributed by atoms with Crippen molar-refractivity contribution in [1.82, 2.24) is 5.32 Å². The molecule has 1 rings (SSSR count). The maximum atomic E-state index is 11.6. The van der Waals surface area contributed by atoms with Gasteiger partial charge in [-0.1, -0.05) is 12.1 Å². The van der Waals surface area contributed by atoms with Gasteiger partial charge in [-0.3, -0.25) is 4.79 Å². The fraction of sp³-hybridized carbons (Fsp3) is 0.800. The minimum Gasteiger partial charge on any atom is -0.409 e. The van der Waals surface area contributed by atoms with Crippen LogP contribution in [-0.4, -0.2) is 35.7 Å². The monoisotopic (exact) mass is 229 g/mol. The number of oxime groups is 1. The maximum Gasteiger partial charge on any atom is 0.223 e. The molecule has 6 heteroatoms. The highest BCUT2D eigenvalue weighted by molar-refractivity contribution is 5.89. The fourth-order valence-electron chi connectivity index (χ4n) is 1.72.